The Balaban J connectivity index is 2.68. The van der Waals surface area contributed by atoms with Crippen molar-refractivity contribution < 1.29 is 31.5 Å². The number of primary amides is 1. The van der Waals surface area contributed by atoms with Crippen LogP contribution >= 0.6 is 0 Å². The average Bonchev–Trinajstić information content (AvgIpc) is 2.60. The summed E-state index contributed by atoms with van der Waals surface area (Å²) in [4.78, 5) is 14.8. The number of carbonyl (C=O) groups excluding carboxylic acids is 1. The molecule has 0 aliphatic rings. The van der Waals surface area contributed by atoms with Gasteiger partial charge in [-0.3, -0.25) is 9.78 Å². The van der Waals surface area contributed by atoms with E-state index in [1.165, 1.54) is 0 Å². The van der Waals surface area contributed by atoms with Crippen LogP contribution in [0.3, 0.4) is 0 Å². The van der Waals surface area contributed by atoms with E-state index >= 15 is 0 Å². The Morgan fingerprint density at radius 1 is 1.15 bits per heavy atom. The maximum Gasteiger partial charge on any atom is 0.267 e. The van der Waals surface area contributed by atoms with E-state index in [0.717, 1.165) is 18.3 Å². The molecule has 1 aromatic carbocycles. The number of pyridine rings is 1. The fourth-order valence-electron chi connectivity index (χ4n) is 2.43. The molecule has 3 N–H and O–H groups in total. The molecule has 1 unspecified atom stereocenters. The van der Waals surface area contributed by atoms with Crippen molar-refractivity contribution in [2.24, 2.45) is 5.73 Å². The number of aromatic nitrogens is 1. The molecule has 1 aromatic heterocycles. The first-order chi connectivity index (χ1) is 12.2. The SMILES string of the molecule is NC(=O)c1ccc(C(c2c(F)ccc(F)c2F)S(=O)(=O)CCCO)cn1. The third-order valence-corrected chi connectivity index (χ3v) is 5.71. The van der Waals surface area contributed by atoms with E-state index in [1.54, 1.807) is 0 Å². The summed E-state index contributed by atoms with van der Waals surface area (Å²) in [6, 6.07) is 3.38. The lowest BCUT2D eigenvalue weighted by Crippen LogP contribution is -2.22. The van der Waals surface area contributed by atoms with E-state index in [-0.39, 0.29) is 17.7 Å². The summed E-state index contributed by atoms with van der Waals surface area (Å²) in [6.45, 7) is -0.459. The molecular formula is C16H15F3N2O4S. The summed E-state index contributed by atoms with van der Waals surface area (Å²) >= 11 is 0. The van der Waals surface area contributed by atoms with Crippen molar-refractivity contribution in [3.05, 3.63) is 64.7 Å². The zero-order chi connectivity index (χ0) is 19.5. The first kappa shape index (κ1) is 19.9. The van der Waals surface area contributed by atoms with Crippen LogP contribution in [0.5, 0.6) is 0 Å². The smallest absolute Gasteiger partial charge is 0.267 e. The average molecular weight is 388 g/mol. The highest BCUT2D eigenvalue weighted by atomic mass is 32.2. The number of sulfone groups is 1. The molecule has 2 rings (SSSR count). The molecule has 26 heavy (non-hydrogen) atoms. The largest absolute Gasteiger partial charge is 0.396 e. The Kier molecular flexibility index (Phi) is 5.98. The fraction of sp³-hybridized carbons (Fsp3) is 0.250. The monoisotopic (exact) mass is 388 g/mol. The molecule has 0 aliphatic heterocycles. The van der Waals surface area contributed by atoms with E-state index in [0.29, 0.717) is 12.1 Å². The Hall–Kier alpha value is -2.46. The van der Waals surface area contributed by atoms with Crippen LogP contribution < -0.4 is 5.73 Å². The number of rotatable bonds is 7. The number of aliphatic hydroxyl groups is 1. The molecule has 0 aliphatic carbocycles. The Bertz CT molecular complexity index is 918. The Labute approximate surface area is 147 Å². The summed E-state index contributed by atoms with van der Waals surface area (Å²) in [5.74, 6) is -5.77. The van der Waals surface area contributed by atoms with Crippen molar-refractivity contribution in [2.75, 3.05) is 12.4 Å². The minimum absolute atomic E-state index is 0.170. The van der Waals surface area contributed by atoms with Crippen LogP contribution in [-0.4, -0.2) is 36.8 Å². The zero-order valence-electron chi connectivity index (χ0n) is 13.3. The molecule has 2 aromatic rings. The number of hydrogen-bond donors (Lipinski definition) is 2. The molecule has 0 saturated heterocycles. The number of amides is 1. The summed E-state index contributed by atoms with van der Waals surface area (Å²) in [6.07, 6.45) is 0.759. The topological polar surface area (TPSA) is 110 Å². The van der Waals surface area contributed by atoms with Gasteiger partial charge in [0.2, 0.25) is 0 Å². The predicted octanol–water partition coefficient (Wildman–Crippen LogP) is 1.48. The van der Waals surface area contributed by atoms with Gasteiger partial charge in [-0.15, -0.1) is 0 Å². The second kappa shape index (κ2) is 7.83. The van der Waals surface area contributed by atoms with Crippen molar-refractivity contribution >= 4 is 15.7 Å². The van der Waals surface area contributed by atoms with E-state index in [1.807, 2.05) is 0 Å². The van der Waals surface area contributed by atoms with Crippen LogP contribution in [0, 0.1) is 17.5 Å². The van der Waals surface area contributed by atoms with E-state index in [4.69, 9.17) is 10.8 Å². The maximum atomic E-state index is 14.2. The number of aliphatic hydroxyl groups excluding tert-OH is 1. The van der Waals surface area contributed by atoms with Crippen LogP contribution in [0.2, 0.25) is 0 Å². The molecule has 140 valence electrons. The molecule has 0 bridgehead atoms. The molecule has 1 amide bonds. The fourth-order valence-corrected chi connectivity index (χ4v) is 4.32. The van der Waals surface area contributed by atoms with Gasteiger partial charge in [0.15, 0.2) is 21.5 Å². The van der Waals surface area contributed by atoms with Crippen LogP contribution in [0.4, 0.5) is 13.2 Å². The van der Waals surface area contributed by atoms with Gasteiger partial charge < -0.3 is 10.8 Å². The van der Waals surface area contributed by atoms with Gasteiger partial charge in [-0.1, -0.05) is 6.07 Å². The third-order valence-electron chi connectivity index (χ3n) is 3.63. The van der Waals surface area contributed by atoms with Gasteiger partial charge in [0.05, 0.1) is 5.75 Å². The highest BCUT2D eigenvalue weighted by Crippen LogP contribution is 2.35. The minimum atomic E-state index is -4.25. The summed E-state index contributed by atoms with van der Waals surface area (Å²) in [5, 5.41) is 6.96. The minimum Gasteiger partial charge on any atom is -0.396 e. The number of carbonyl (C=O) groups is 1. The van der Waals surface area contributed by atoms with E-state index in [2.05, 4.69) is 4.98 Å². The number of halogens is 3. The van der Waals surface area contributed by atoms with Gasteiger partial charge in [-0.05, 0) is 30.2 Å². The van der Waals surface area contributed by atoms with Gasteiger partial charge >= 0.3 is 0 Å². The lowest BCUT2D eigenvalue weighted by molar-refractivity contribution is 0.0995. The predicted molar refractivity (Wildman–Crippen MR) is 86.4 cm³/mol. The highest BCUT2D eigenvalue weighted by Gasteiger charge is 2.35. The van der Waals surface area contributed by atoms with Crippen molar-refractivity contribution in [3.63, 3.8) is 0 Å². The third kappa shape index (κ3) is 4.02. The van der Waals surface area contributed by atoms with Gasteiger partial charge in [-0.2, -0.15) is 0 Å². The quantitative estimate of drug-likeness (QED) is 0.698. The van der Waals surface area contributed by atoms with Crippen LogP contribution in [0.1, 0.15) is 33.3 Å². The van der Waals surface area contributed by atoms with Gasteiger partial charge in [0, 0.05) is 18.4 Å². The van der Waals surface area contributed by atoms with Crippen molar-refractivity contribution in [2.45, 2.75) is 11.7 Å². The van der Waals surface area contributed by atoms with E-state index in [9.17, 15) is 26.4 Å². The van der Waals surface area contributed by atoms with Gasteiger partial charge in [0.25, 0.3) is 5.91 Å². The summed E-state index contributed by atoms with van der Waals surface area (Å²) in [5.41, 5.74) is 3.71. The number of benzene rings is 1. The molecule has 10 heteroatoms. The first-order valence-corrected chi connectivity index (χ1v) is 9.12. The maximum absolute atomic E-state index is 14.2. The number of nitrogens with zero attached hydrogens (tertiary/aromatic N) is 1. The van der Waals surface area contributed by atoms with Crippen molar-refractivity contribution in [3.8, 4) is 0 Å². The van der Waals surface area contributed by atoms with Crippen LogP contribution in [-0.2, 0) is 9.84 Å². The number of hydrogen-bond acceptors (Lipinski definition) is 5. The van der Waals surface area contributed by atoms with Crippen LogP contribution in [0.15, 0.2) is 30.5 Å². The van der Waals surface area contributed by atoms with Gasteiger partial charge in [0.1, 0.15) is 16.8 Å². The summed E-state index contributed by atoms with van der Waals surface area (Å²) < 4.78 is 67.3. The normalized spacial score (nSPS) is 12.8. The molecule has 1 atom stereocenters. The van der Waals surface area contributed by atoms with E-state index < -0.39 is 56.4 Å². The molecule has 0 radical (unpaired) electrons. The zero-order valence-corrected chi connectivity index (χ0v) is 14.1. The van der Waals surface area contributed by atoms with Crippen molar-refractivity contribution in [1.29, 1.82) is 0 Å². The summed E-state index contributed by atoms with van der Waals surface area (Å²) in [7, 11) is -4.25. The molecule has 0 saturated carbocycles. The lowest BCUT2D eigenvalue weighted by Gasteiger charge is -2.20. The molecule has 1 heterocycles. The molecule has 0 fully saturated rings. The first-order valence-electron chi connectivity index (χ1n) is 7.40. The molecular weight excluding hydrogens is 373 g/mol. The second-order valence-corrected chi connectivity index (χ2v) is 7.63. The lowest BCUT2D eigenvalue weighted by atomic mass is 10.0. The van der Waals surface area contributed by atoms with Gasteiger partial charge in [-0.25, -0.2) is 21.6 Å². The Morgan fingerprint density at radius 3 is 2.35 bits per heavy atom. The Morgan fingerprint density at radius 2 is 1.81 bits per heavy atom. The van der Waals surface area contributed by atoms with Crippen molar-refractivity contribution in [1.82, 2.24) is 4.98 Å². The second-order valence-electron chi connectivity index (χ2n) is 5.42. The highest BCUT2D eigenvalue weighted by molar-refractivity contribution is 7.91. The standard InChI is InChI=1S/C16H15F3N2O4S/c17-10-3-4-11(18)14(19)13(10)15(26(24,25)7-1-6-22)9-2-5-12(16(20)23)21-8-9/h2-5,8,15,22H,1,6-7H2,(H2,20,23). The number of nitrogens with two attached hydrogens (primary N) is 1. The molecule has 6 nitrogen and oxygen atoms in total. The molecule has 0 spiro atoms. The van der Waals surface area contributed by atoms with Crippen LogP contribution in [0.25, 0.3) is 0 Å².